The molecule has 1 nitrogen and oxygen atoms in total. The predicted octanol–water partition coefficient (Wildman–Crippen LogP) is 3.32. The molecule has 1 aromatic rings. The Kier molecular flexibility index (Phi) is 5.05. The molecule has 0 saturated heterocycles. The lowest BCUT2D eigenvalue weighted by Crippen LogP contribution is -1.98. The van der Waals surface area contributed by atoms with Gasteiger partial charge in [-0.3, -0.25) is 4.21 Å². The van der Waals surface area contributed by atoms with Crippen molar-refractivity contribution < 1.29 is 4.21 Å². The second-order valence-electron chi connectivity index (χ2n) is 3.33. The molecule has 1 atom stereocenters. The fraction of sp³-hybridized carbons (Fsp3) is 0.231. The standard InChI is InChI=1S/C13H16OS/c1-3-12(2)8-7-11-15(14)13-9-5-4-6-10-13/h3-6,9-10H,1-2,7-8,11H2. The summed E-state index contributed by atoms with van der Waals surface area (Å²) >= 11 is 0. The summed E-state index contributed by atoms with van der Waals surface area (Å²) in [4.78, 5) is 0.904. The van der Waals surface area contributed by atoms with E-state index in [-0.39, 0.29) is 0 Å². The zero-order valence-corrected chi connectivity index (χ0v) is 9.63. The highest BCUT2D eigenvalue weighted by atomic mass is 32.2. The van der Waals surface area contributed by atoms with Crippen LogP contribution >= 0.6 is 0 Å². The lowest BCUT2D eigenvalue weighted by Gasteiger charge is -2.02. The van der Waals surface area contributed by atoms with Crippen LogP contribution < -0.4 is 0 Å². The summed E-state index contributed by atoms with van der Waals surface area (Å²) in [5, 5.41) is 0. The molecular weight excluding hydrogens is 204 g/mol. The Morgan fingerprint density at radius 3 is 2.60 bits per heavy atom. The number of benzene rings is 1. The van der Waals surface area contributed by atoms with Gasteiger partial charge in [-0.25, -0.2) is 0 Å². The fourth-order valence-electron chi connectivity index (χ4n) is 1.22. The van der Waals surface area contributed by atoms with Crippen LogP contribution in [0, 0.1) is 0 Å². The minimum absolute atomic E-state index is 0.691. The van der Waals surface area contributed by atoms with E-state index in [0.29, 0.717) is 5.75 Å². The van der Waals surface area contributed by atoms with Gasteiger partial charge in [0.15, 0.2) is 0 Å². The van der Waals surface area contributed by atoms with Crippen molar-refractivity contribution >= 4 is 10.8 Å². The smallest absolute Gasteiger partial charge is 0.0529 e. The first-order valence-electron chi connectivity index (χ1n) is 4.97. The van der Waals surface area contributed by atoms with Gasteiger partial charge >= 0.3 is 0 Å². The van der Waals surface area contributed by atoms with Crippen molar-refractivity contribution in [1.82, 2.24) is 0 Å². The average molecular weight is 220 g/mol. The third kappa shape index (κ3) is 4.26. The third-order valence-corrected chi connectivity index (χ3v) is 3.58. The second kappa shape index (κ2) is 6.36. The Morgan fingerprint density at radius 2 is 2.00 bits per heavy atom. The van der Waals surface area contributed by atoms with Crippen LogP contribution in [0.4, 0.5) is 0 Å². The Bertz CT molecular complexity index is 354. The van der Waals surface area contributed by atoms with Gasteiger partial charge in [0.2, 0.25) is 0 Å². The highest BCUT2D eigenvalue weighted by Crippen LogP contribution is 2.09. The highest BCUT2D eigenvalue weighted by molar-refractivity contribution is 7.85. The summed E-state index contributed by atoms with van der Waals surface area (Å²) in [6.07, 6.45) is 3.53. The molecule has 0 aliphatic heterocycles. The highest BCUT2D eigenvalue weighted by Gasteiger charge is 2.02. The van der Waals surface area contributed by atoms with Crippen LogP contribution in [0.5, 0.6) is 0 Å². The Labute approximate surface area is 94.0 Å². The monoisotopic (exact) mass is 220 g/mol. The molecule has 0 fully saturated rings. The summed E-state index contributed by atoms with van der Waals surface area (Å²) in [5.74, 6) is 0.691. The molecule has 0 aliphatic carbocycles. The first kappa shape index (κ1) is 11.9. The lowest BCUT2D eigenvalue weighted by molar-refractivity contribution is 0.680. The molecule has 1 aromatic carbocycles. The summed E-state index contributed by atoms with van der Waals surface area (Å²) in [6.45, 7) is 7.47. The van der Waals surface area contributed by atoms with Gasteiger partial charge in [-0.15, -0.1) is 0 Å². The molecule has 15 heavy (non-hydrogen) atoms. The summed E-state index contributed by atoms with van der Waals surface area (Å²) in [7, 11) is -0.877. The van der Waals surface area contributed by atoms with Crippen molar-refractivity contribution in [1.29, 1.82) is 0 Å². The molecule has 0 amide bonds. The van der Waals surface area contributed by atoms with Crippen LogP contribution in [0.25, 0.3) is 0 Å². The largest absolute Gasteiger partial charge is 0.254 e. The molecule has 0 aliphatic rings. The van der Waals surface area contributed by atoms with Gasteiger partial charge in [0.1, 0.15) is 0 Å². The van der Waals surface area contributed by atoms with Crippen molar-refractivity contribution in [3.05, 3.63) is 55.1 Å². The zero-order valence-electron chi connectivity index (χ0n) is 8.82. The van der Waals surface area contributed by atoms with Crippen molar-refractivity contribution in [2.45, 2.75) is 17.7 Å². The molecule has 0 aromatic heterocycles. The van der Waals surface area contributed by atoms with Crippen LogP contribution in [0.15, 0.2) is 60.0 Å². The van der Waals surface area contributed by atoms with Crippen LogP contribution in [-0.4, -0.2) is 9.96 Å². The van der Waals surface area contributed by atoms with Crippen LogP contribution in [0.1, 0.15) is 12.8 Å². The summed E-state index contributed by atoms with van der Waals surface area (Å²) in [5.41, 5.74) is 1.01. The molecule has 0 N–H and O–H groups in total. The average Bonchev–Trinajstić information content (AvgIpc) is 2.29. The Balaban J connectivity index is 2.37. The molecule has 80 valence electrons. The van der Waals surface area contributed by atoms with E-state index in [1.807, 2.05) is 30.3 Å². The topological polar surface area (TPSA) is 17.1 Å². The molecule has 0 spiro atoms. The van der Waals surface area contributed by atoms with Crippen LogP contribution in [0.3, 0.4) is 0 Å². The van der Waals surface area contributed by atoms with Gasteiger partial charge in [0, 0.05) is 10.6 Å². The van der Waals surface area contributed by atoms with Crippen LogP contribution in [-0.2, 0) is 10.8 Å². The SMILES string of the molecule is C=CC(=C)CCCS(=O)c1ccccc1. The molecule has 0 heterocycles. The van der Waals surface area contributed by atoms with Gasteiger partial charge in [-0.2, -0.15) is 0 Å². The summed E-state index contributed by atoms with van der Waals surface area (Å²) < 4.78 is 11.8. The normalized spacial score (nSPS) is 12.0. The van der Waals surface area contributed by atoms with Crippen molar-refractivity contribution in [2.24, 2.45) is 0 Å². The molecule has 0 saturated carbocycles. The molecular formula is C13H16OS. The van der Waals surface area contributed by atoms with E-state index in [2.05, 4.69) is 13.2 Å². The lowest BCUT2D eigenvalue weighted by atomic mass is 10.2. The third-order valence-electron chi connectivity index (χ3n) is 2.12. The second-order valence-corrected chi connectivity index (χ2v) is 4.90. The van der Waals surface area contributed by atoms with E-state index in [1.54, 1.807) is 6.08 Å². The number of allylic oxidation sites excluding steroid dienone is 2. The van der Waals surface area contributed by atoms with E-state index in [4.69, 9.17) is 0 Å². The van der Waals surface area contributed by atoms with E-state index < -0.39 is 10.8 Å². The number of hydrogen-bond acceptors (Lipinski definition) is 1. The summed E-state index contributed by atoms with van der Waals surface area (Å²) in [6, 6.07) is 9.56. The van der Waals surface area contributed by atoms with Crippen molar-refractivity contribution in [2.75, 3.05) is 5.75 Å². The van der Waals surface area contributed by atoms with Gasteiger partial charge in [-0.1, -0.05) is 43.0 Å². The zero-order chi connectivity index (χ0) is 11.1. The van der Waals surface area contributed by atoms with Gasteiger partial charge in [-0.05, 0) is 25.0 Å². The molecule has 0 radical (unpaired) electrons. The van der Waals surface area contributed by atoms with Crippen molar-refractivity contribution in [3.8, 4) is 0 Å². The van der Waals surface area contributed by atoms with E-state index in [0.717, 1.165) is 23.3 Å². The first-order chi connectivity index (χ1) is 7.24. The fourth-order valence-corrected chi connectivity index (χ4v) is 2.33. The van der Waals surface area contributed by atoms with E-state index in [1.165, 1.54) is 0 Å². The maximum absolute atomic E-state index is 11.8. The quantitative estimate of drug-likeness (QED) is 0.672. The van der Waals surface area contributed by atoms with E-state index >= 15 is 0 Å². The van der Waals surface area contributed by atoms with Gasteiger partial charge in [0.25, 0.3) is 0 Å². The van der Waals surface area contributed by atoms with Gasteiger partial charge < -0.3 is 0 Å². The maximum atomic E-state index is 11.8. The molecule has 2 heteroatoms. The first-order valence-corrected chi connectivity index (χ1v) is 6.29. The minimum atomic E-state index is -0.877. The predicted molar refractivity (Wildman–Crippen MR) is 66.3 cm³/mol. The van der Waals surface area contributed by atoms with Gasteiger partial charge in [0.05, 0.1) is 10.8 Å². The van der Waals surface area contributed by atoms with Crippen LogP contribution in [0.2, 0.25) is 0 Å². The molecule has 0 bridgehead atoms. The number of rotatable bonds is 6. The van der Waals surface area contributed by atoms with Crippen molar-refractivity contribution in [3.63, 3.8) is 0 Å². The Morgan fingerprint density at radius 1 is 1.33 bits per heavy atom. The molecule has 1 unspecified atom stereocenters. The van der Waals surface area contributed by atoms with E-state index in [9.17, 15) is 4.21 Å². The molecule has 1 rings (SSSR count). The minimum Gasteiger partial charge on any atom is -0.254 e. The maximum Gasteiger partial charge on any atom is 0.0529 e. The number of hydrogen-bond donors (Lipinski definition) is 0. The Hall–Kier alpha value is -1.15.